The van der Waals surface area contributed by atoms with E-state index in [0.29, 0.717) is 28.1 Å². The van der Waals surface area contributed by atoms with Crippen LogP contribution in [0.2, 0.25) is 0 Å². The summed E-state index contributed by atoms with van der Waals surface area (Å²) in [6.45, 7) is 13.3. The van der Waals surface area contributed by atoms with E-state index in [1.54, 1.807) is 38.4 Å². The first-order valence-electron chi connectivity index (χ1n) is 10.9. The topological polar surface area (TPSA) is 100 Å². The van der Waals surface area contributed by atoms with Crippen LogP contribution >= 0.6 is 0 Å². The SMILES string of the molecule is C=c1nc(NC(C)c2cc(NC(=O)Cc3ccc(C(C)(C)O)cn3)ccc2C)cn/c1=C/C. The van der Waals surface area contributed by atoms with Crippen LogP contribution in [0.5, 0.6) is 0 Å². The van der Waals surface area contributed by atoms with E-state index < -0.39 is 5.60 Å². The Balaban J connectivity index is 1.69. The van der Waals surface area contributed by atoms with Gasteiger partial charge >= 0.3 is 0 Å². The van der Waals surface area contributed by atoms with Crippen LogP contribution in [0.1, 0.15) is 56.1 Å². The largest absolute Gasteiger partial charge is 0.386 e. The molecule has 33 heavy (non-hydrogen) atoms. The number of anilines is 2. The minimum absolute atomic E-state index is 0.0527. The number of aromatic nitrogens is 3. The zero-order valence-electron chi connectivity index (χ0n) is 19.8. The smallest absolute Gasteiger partial charge is 0.230 e. The van der Waals surface area contributed by atoms with Crippen molar-refractivity contribution >= 4 is 30.1 Å². The molecule has 7 heteroatoms. The molecule has 7 nitrogen and oxygen atoms in total. The highest BCUT2D eigenvalue weighted by Crippen LogP contribution is 2.24. The van der Waals surface area contributed by atoms with Gasteiger partial charge in [0.15, 0.2) is 0 Å². The molecule has 2 aromatic heterocycles. The summed E-state index contributed by atoms with van der Waals surface area (Å²) in [6, 6.07) is 9.32. The first kappa shape index (κ1) is 24.1. The Kier molecular flexibility index (Phi) is 7.23. The summed E-state index contributed by atoms with van der Waals surface area (Å²) in [4.78, 5) is 25.7. The molecule has 0 aliphatic rings. The van der Waals surface area contributed by atoms with E-state index in [0.717, 1.165) is 16.5 Å². The predicted molar refractivity (Wildman–Crippen MR) is 132 cm³/mol. The van der Waals surface area contributed by atoms with Gasteiger partial charge in [0.05, 0.1) is 35.0 Å². The lowest BCUT2D eigenvalue weighted by atomic mass is 10.00. The molecule has 1 aromatic carbocycles. The number of benzene rings is 1. The van der Waals surface area contributed by atoms with Crippen molar-refractivity contribution in [1.82, 2.24) is 15.0 Å². The normalized spacial score (nSPS) is 13.0. The fourth-order valence-corrected chi connectivity index (χ4v) is 3.49. The van der Waals surface area contributed by atoms with Crippen molar-refractivity contribution in [2.24, 2.45) is 0 Å². The maximum Gasteiger partial charge on any atom is 0.230 e. The highest BCUT2D eigenvalue weighted by Gasteiger charge is 2.17. The summed E-state index contributed by atoms with van der Waals surface area (Å²) in [5.74, 6) is 0.486. The number of nitrogens with zero attached hydrogens (tertiary/aromatic N) is 3. The third kappa shape index (κ3) is 6.23. The average Bonchev–Trinajstić information content (AvgIpc) is 2.75. The van der Waals surface area contributed by atoms with Gasteiger partial charge in [-0.3, -0.25) is 14.8 Å². The molecule has 0 aliphatic heterocycles. The Hall–Kier alpha value is -3.58. The fourth-order valence-electron chi connectivity index (χ4n) is 3.49. The highest BCUT2D eigenvalue weighted by molar-refractivity contribution is 5.92. The number of aliphatic hydroxyl groups is 1. The first-order chi connectivity index (χ1) is 15.6. The van der Waals surface area contributed by atoms with Crippen molar-refractivity contribution in [2.75, 3.05) is 10.6 Å². The van der Waals surface area contributed by atoms with Crippen molar-refractivity contribution in [1.29, 1.82) is 0 Å². The molecule has 1 atom stereocenters. The summed E-state index contributed by atoms with van der Waals surface area (Å²) >= 11 is 0. The zero-order valence-corrected chi connectivity index (χ0v) is 19.8. The molecule has 2 heterocycles. The maximum absolute atomic E-state index is 12.6. The van der Waals surface area contributed by atoms with Crippen LogP contribution in [-0.4, -0.2) is 26.0 Å². The molecule has 0 aliphatic carbocycles. The lowest BCUT2D eigenvalue weighted by Gasteiger charge is -2.18. The van der Waals surface area contributed by atoms with Crippen LogP contribution in [0.15, 0.2) is 42.7 Å². The standard InChI is InChI=1S/C26H31N5O2/c1-7-23-18(4)30-24(15-28-23)29-17(3)22-12-21(10-8-16(22)2)31-25(32)13-20-11-9-19(14-27-20)26(5,6)33/h7-12,14-15,17,33H,4,13H2,1-3,5-6H3,(H,29,30)(H,31,32)/b23-7+. The third-order valence-corrected chi connectivity index (χ3v) is 5.42. The van der Waals surface area contributed by atoms with Crippen molar-refractivity contribution in [3.05, 3.63) is 75.8 Å². The van der Waals surface area contributed by atoms with E-state index in [1.165, 1.54) is 0 Å². The van der Waals surface area contributed by atoms with Gasteiger partial charge < -0.3 is 15.7 Å². The summed E-state index contributed by atoms with van der Waals surface area (Å²) in [5, 5.41) is 17.7. The minimum atomic E-state index is -0.964. The molecule has 0 radical (unpaired) electrons. The summed E-state index contributed by atoms with van der Waals surface area (Å²) < 4.78 is 0. The maximum atomic E-state index is 12.6. The van der Waals surface area contributed by atoms with E-state index in [9.17, 15) is 9.90 Å². The minimum Gasteiger partial charge on any atom is -0.386 e. The lowest BCUT2D eigenvalue weighted by Crippen LogP contribution is -2.30. The molecule has 0 spiro atoms. The number of carbonyl (C=O) groups is 1. The van der Waals surface area contributed by atoms with Crippen LogP contribution < -0.4 is 21.3 Å². The van der Waals surface area contributed by atoms with Crippen LogP contribution in [0.4, 0.5) is 11.5 Å². The number of pyridine rings is 1. The van der Waals surface area contributed by atoms with Crippen molar-refractivity contribution in [3.8, 4) is 0 Å². The molecule has 0 saturated heterocycles. The summed E-state index contributed by atoms with van der Waals surface area (Å²) in [7, 11) is 0. The molecule has 0 fully saturated rings. The van der Waals surface area contributed by atoms with Gasteiger partial charge in [0, 0.05) is 23.1 Å². The number of hydrogen-bond acceptors (Lipinski definition) is 6. The van der Waals surface area contributed by atoms with Gasteiger partial charge in [0.1, 0.15) is 5.82 Å². The number of amides is 1. The molecular formula is C26H31N5O2. The predicted octanol–water partition coefficient (Wildman–Crippen LogP) is 2.97. The van der Waals surface area contributed by atoms with Gasteiger partial charge in [-0.05, 0) is 63.9 Å². The quantitative estimate of drug-likeness (QED) is 0.517. The highest BCUT2D eigenvalue weighted by atomic mass is 16.3. The van der Waals surface area contributed by atoms with Gasteiger partial charge in [-0.15, -0.1) is 0 Å². The third-order valence-electron chi connectivity index (χ3n) is 5.42. The second kappa shape index (κ2) is 9.92. The van der Waals surface area contributed by atoms with Crippen LogP contribution in [0.25, 0.3) is 12.7 Å². The van der Waals surface area contributed by atoms with Crippen molar-refractivity contribution < 1.29 is 9.90 Å². The first-order valence-corrected chi connectivity index (χ1v) is 10.9. The average molecular weight is 446 g/mol. The Bertz CT molecular complexity index is 1250. The van der Waals surface area contributed by atoms with Crippen LogP contribution in [0, 0.1) is 6.92 Å². The van der Waals surface area contributed by atoms with E-state index in [-0.39, 0.29) is 18.4 Å². The zero-order chi connectivity index (χ0) is 24.2. The number of rotatable bonds is 7. The van der Waals surface area contributed by atoms with Gasteiger partial charge in [-0.25, -0.2) is 4.98 Å². The van der Waals surface area contributed by atoms with E-state index in [1.807, 2.05) is 45.0 Å². The Morgan fingerprint density at radius 2 is 1.97 bits per heavy atom. The van der Waals surface area contributed by atoms with Gasteiger partial charge in [-0.1, -0.05) is 24.8 Å². The van der Waals surface area contributed by atoms with Crippen LogP contribution in [0.3, 0.4) is 0 Å². The molecule has 3 aromatic rings. The number of nitrogens with one attached hydrogen (secondary N) is 2. The molecule has 172 valence electrons. The summed E-state index contributed by atoms with van der Waals surface area (Å²) in [6.07, 6.45) is 5.31. The molecule has 0 saturated carbocycles. The van der Waals surface area contributed by atoms with E-state index in [2.05, 4.69) is 32.2 Å². The summed E-state index contributed by atoms with van der Waals surface area (Å²) in [5.41, 5.74) is 3.22. The lowest BCUT2D eigenvalue weighted by molar-refractivity contribution is -0.115. The van der Waals surface area contributed by atoms with E-state index in [4.69, 9.17) is 0 Å². The molecular weight excluding hydrogens is 414 g/mol. The molecule has 3 rings (SSSR count). The van der Waals surface area contributed by atoms with Gasteiger partial charge in [0.25, 0.3) is 0 Å². The second-order valence-electron chi connectivity index (χ2n) is 8.64. The second-order valence-corrected chi connectivity index (χ2v) is 8.64. The molecule has 1 amide bonds. The van der Waals surface area contributed by atoms with Crippen molar-refractivity contribution in [2.45, 2.75) is 52.7 Å². The van der Waals surface area contributed by atoms with E-state index >= 15 is 0 Å². The fraction of sp³-hybridized carbons (Fsp3) is 0.308. The Morgan fingerprint density at radius 1 is 1.21 bits per heavy atom. The Morgan fingerprint density at radius 3 is 2.58 bits per heavy atom. The van der Waals surface area contributed by atoms with Crippen LogP contribution in [-0.2, 0) is 16.8 Å². The van der Waals surface area contributed by atoms with Gasteiger partial charge in [0.2, 0.25) is 5.91 Å². The number of carbonyl (C=O) groups excluding carboxylic acids is 1. The monoisotopic (exact) mass is 445 g/mol. The van der Waals surface area contributed by atoms with Crippen molar-refractivity contribution in [3.63, 3.8) is 0 Å². The molecule has 0 bridgehead atoms. The molecule has 1 unspecified atom stereocenters. The van der Waals surface area contributed by atoms with Gasteiger partial charge in [-0.2, -0.15) is 0 Å². The number of aryl methyl sites for hydroxylation is 1. The molecule has 3 N–H and O–H groups in total. The Labute approximate surface area is 194 Å². The number of hydrogen-bond donors (Lipinski definition) is 3.